The molecule has 0 aliphatic rings. The van der Waals surface area contributed by atoms with Gasteiger partial charge in [0.15, 0.2) is 0 Å². The molecule has 0 aliphatic carbocycles. The van der Waals surface area contributed by atoms with Crippen molar-refractivity contribution in [3.63, 3.8) is 0 Å². The van der Waals surface area contributed by atoms with Crippen molar-refractivity contribution >= 4 is 18.0 Å². The zero-order valence-electron chi connectivity index (χ0n) is 10.6. The smallest absolute Gasteiger partial charge is 0.0701 e. The molecule has 94 valence electrons. The van der Waals surface area contributed by atoms with Crippen molar-refractivity contribution < 1.29 is 0 Å². The van der Waals surface area contributed by atoms with E-state index in [-0.39, 0.29) is 0 Å². The summed E-state index contributed by atoms with van der Waals surface area (Å²) in [6.07, 6.45) is 3.55. The standard InChI is InChI=1S/C16H15N3/c1-11(12(2)17)15-9-13(6-7-16(15)18-3)14-5-4-8-19-10-14/h4-10H,1-3,17H2. The third-order valence-electron chi connectivity index (χ3n) is 2.87. The van der Waals surface area contributed by atoms with Crippen molar-refractivity contribution in [2.75, 3.05) is 0 Å². The van der Waals surface area contributed by atoms with Crippen LogP contribution in [0.25, 0.3) is 16.7 Å². The van der Waals surface area contributed by atoms with Gasteiger partial charge in [-0.05, 0) is 36.1 Å². The Morgan fingerprint density at radius 2 is 1.95 bits per heavy atom. The van der Waals surface area contributed by atoms with Crippen molar-refractivity contribution in [1.82, 2.24) is 4.98 Å². The van der Waals surface area contributed by atoms with Crippen LogP contribution in [0.4, 0.5) is 5.69 Å². The van der Waals surface area contributed by atoms with E-state index < -0.39 is 0 Å². The Bertz CT molecular complexity index is 642. The van der Waals surface area contributed by atoms with E-state index in [9.17, 15) is 0 Å². The Balaban J connectivity index is 2.56. The van der Waals surface area contributed by atoms with Crippen LogP contribution < -0.4 is 5.73 Å². The van der Waals surface area contributed by atoms with Crippen LogP contribution in [0.1, 0.15) is 5.56 Å². The van der Waals surface area contributed by atoms with E-state index in [4.69, 9.17) is 5.73 Å². The van der Waals surface area contributed by atoms with E-state index in [0.29, 0.717) is 11.3 Å². The molecule has 1 aromatic heterocycles. The van der Waals surface area contributed by atoms with Crippen LogP contribution >= 0.6 is 0 Å². The van der Waals surface area contributed by atoms with Crippen LogP contribution in [0.5, 0.6) is 0 Å². The van der Waals surface area contributed by atoms with E-state index in [1.165, 1.54) is 0 Å². The molecule has 1 heterocycles. The van der Waals surface area contributed by atoms with Crippen molar-refractivity contribution in [3.8, 4) is 11.1 Å². The van der Waals surface area contributed by atoms with Gasteiger partial charge in [-0.15, -0.1) is 0 Å². The lowest BCUT2D eigenvalue weighted by molar-refractivity contribution is 1.33. The zero-order chi connectivity index (χ0) is 13.8. The highest BCUT2D eigenvalue weighted by molar-refractivity contribution is 5.85. The van der Waals surface area contributed by atoms with Gasteiger partial charge < -0.3 is 5.73 Å². The van der Waals surface area contributed by atoms with Crippen molar-refractivity contribution in [1.29, 1.82) is 0 Å². The number of hydrogen-bond acceptors (Lipinski definition) is 3. The SMILES string of the molecule is C=Nc1ccc(-c2cccnc2)cc1C(=C)C(=C)N. The number of pyridine rings is 1. The maximum absolute atomic E-state index is 5.71. The van der Waals surface area contributed by atoms with Crippen molar-refractivity contribution in [2.24, 2.45) is 10.7 Å². The molecule has 0 bridgehead atoms. The lowest BCUT2D eigenvalue weighted by Gasteiger charge is -2.11. The molecular formula is C16H15N3. The fourth-order valence-electron chi connectivity index (χ4n) is 1.80. The number of nitrogens with zero attached hydrogens (tertiary/aromatic N) is 2. The maximum Gasteiger partial charge on any atom is 0.0701 e. The largest absolute Gasteiger partial charge is 0.399 e. The Hall–Kier alpha value is -2.68. The predicted octanol–water partition coefficient (Wildman–Crippen LogP) is 3.57. The normalized spacial score (nSPS) is 9.89. The van der Waals surface area contributed by atoms with Gasteiger partial charge in [-0.2, -0.15) is 0 Å². The average Bonchev–Trinajstić information content (AvgIpc) is 2.46. The highest BCUT2D eigenvalue weighted by atomic mass is 14.7. The molecule has 0 unspecified atom stereocenters. The van der Waals surface area contributed by atoms with Gasteiger partial charge >= 0.3 is 0 Å². The minimum Gasteiger partial charge on any atom is -0.399 e. The lowest BCUT2D eigenvalue weighted by Crippen LogP contribution is -1.98. The van der Waals surface area contributed by atoms with Crippen LogP contribution in [0.15, 0.2) is 66.6 Å². The summed E-state index contributed by atoms with van der Waals surface area (Å²) in [5, 5.41) is 0. The van der Waals surface area contributed by atoms with Crippen molar-refractivity contribution in [3.05, 3.63) is 67.1 Å². The monoisotopic (exact) mass is 249 g/mol. The van der Waals surface area contributed by atoms with Gasteiger partial charge in [0.2, 0.25) is 0 Å². The van der Waals surface area contributed by atoms with Gasteiger partial charge in [0.1, 0.15) is 0 Å². The highest BCUT2D eigenvalue weighted by Crippen LogP contribution is 2.32. The summed E-state index contributed by atoms with van der Waals surface area (Å²) in [5.74, 6) is 0. The highest BCUT2D eigenvalue weighted by Gasteiger charge is 2.08. The number of hydrogen-bond donors (Lipinski definition) is 1. The topological polar surface area (TPSA) is 51.3 Å². The second kappa shape index (κ2) is 5.31. The number of benzene rings is 1. The lowest BCUT2D eigenvalue weighted by atomic mass is 9.98. The molecule has 0 radical (unpaired) electrons. The van der Waals surface area contributed by atoms with Crippen LogP contribution in [-0.2, 0) is 0 Å². The molecule has 1 aromatic carbocycles. The fourth-order valence-corrected chi connectivity index (χ4v) is 1.80. The first-order chi connectivity index (χ1) is 9.13. The Labute approximate surface area is 112 Å². The fraction of sp³-hybridized carbons (Fsp3) is 0. The molecule has 0 aliphatic heterocycles. The second-order valence-electron chi connectivity index (χ2n) is 4.14. The second-order valence-corrected chi connectivity index (χ2v) is 4.14. The van der Waals surface area contributed by atoms with E-state index in [0.717, 1.165) is 22.4 Å². The summed E-state index contributed by atoms with van der Waals surface area (Å²) in [7, 11) is 0. The van der Waals surface area contributed by atoms with E-state index in [1.54, 1.807) is 12.4 Å². The molecule has 3 nitrogen and oxygen atoms in total. The Morgan fingerprint density at radius 1 is 1.16 bits per heavy atom. The predicted molar refractivity (Wildman–Crippen MR) is 81.2 cm³/mol. The van der Waals surface area contributed by atoms with E-state index in [1.807, 2.05) is 30.3 Å². The van der Waals surface area contributed by atoms with Gasteiger partial charge in [-0.3, -0.25) is 9.98 Å². The summed E-state index contributed by atoms with van der Waals surface area (Å²) in [5.41, 5.74) is 10.4. The molecule has 0 saturated heterocycles. The summed E-state index contributed by atoms with van der Waals surface area (Å²) in [6.45, 7) is 11.2. The van der Waals surface area contributed by atoms with Crippen LogP contribution in [0.3, 0.4) is 0 Å². The van der Waals surface area contributed by atoms with Gasteiger partial charge in [-0.1, -0.05) is 25.3 Å². The summed E-state index contributed by atoms with van der Waals surface area (Å²) in [6, 6.07) is 9.72. The van der Waals surface area contributed by atoms with Gasteiger partial charge in [-0.25, -0.2) is 0 Å². The van der Waals surface area contributed by atoms with Gasteiger partial charge in [0.25, 0.3) is 0 Å². The first-order valence-electron chi connectivity index (χ1n) is 5.78. The molecule has 0 fully saturated rings. The first kappa shape index (κ1) is 12.8. The molecule has 0 atom stereocenters. The van der Waals surface area contributed by atoms with Gasteiger partial charge in [0.05, 0.1) is 5.69 Å². The van der Waals surface area contributed by atoms with Crippen LogP contribution in [-0.4, -0.2) is 11.7 Å². The van der Waals surface area contributed by atoms with Crippen LogP contribution in [0, 0.1) is 0 Å². The number of aliphatic imine (C=N–C) groups is 1. The third kappa shape index (κ3) is 2.60. The number of rotatable bonds is 4. The number of allylic oxidation sites excluding steroid dienone is 1. The molecule has 3 heteroatoms. The van der Waals surface area contributed by atoms with E-state index in [2.05, 4.69) is 29.9 Å². The molecule has 0 saturated carbocycles. The number of aromatic nitrogens is 1. The molecule has 2 N–H and O–H groups in total. The Kier molecular flexibility index (Phi) is 3.57. The molecule has 19 heavy (non-hydrogen) atoms. The zero-order valence-corrected chi connectivity index (χ0v) is 10.6. The maximum atomic E-state index is 5.71. The van der Waals surface area contributed by atoms with E-state index >= 15 is 0 Å². The molecule has 0 spiro atoms. The van der Waals surface area contributed by atoms with Gasteiger partial charge in [0, 0.05) is 29.2 Å². The molecule has 2 aromatic rings. The third-order valence-corrected chi connectivity index (χ3v) is 2.87. The first-order valence-corrected chi connectivity index (χ1v) is 5.78. The quantitative estimate of drug-likeness (QED) is 0.665. The summed E-state index contributed by atoms with van der Waals surface area (Å²) in [4.78, 5) is 8.10. The Morgan fingerprint density at radius 3 is 2.53 bits per heavy atom. The van der Waals surface area contributed by atoms with Crippen molar-refractivity contribution in [2.45, 2.75) is 0 Å². The van der Waals surface area contributed by atoms with Crippen LogP contribution in [0.2, 0.25) is 0 Å². The minimum atomic E-state index is 0.424. The molecule has 2 rings (SSSR count). The summed E-state index contributed by atoms with van der Waals surface area (Å²) >= 11 is 0. The minimum absolute atomic E-state index is 0.424. The summed E-state index contributed by atoms with van der Waals surface area (Å²) < 4.78 is 0. The average molecular weight is 249 g/mol. The molecular weight excluding hydrogens is 234 g/mol. The number of nitrogens with two attached hydrogens (primary N) is 1. The molecule has 0 amide bonds.